The summed E-state index contributed by atoms with van der Waals surface area (Å²) in [5.41, 5.74) is 1.28. The Morgan fingerprint density at radius 1 is 1.03 bits per heavy atom. The third kappa shape index (κ3) is 5.80. The summed E-state index contributed by atoms with van der Waals surface area (Å²) in [6.45, 7) is 1.99. The van der Waals surface area contributed by atoms with Gasteiger partial charge < -0.3 is 14.6 Å². The van der Waals surface area contributed by atoms with Crippen LogP contribution >= 0.6 is 11.3 Å². The number of sulfone groups is 1. The summed E-state index contributed by atoms with van der Waals surface area (Å²) in [6, 6.07) is 10.5. The minimum absolute atomic E-state index is 0.00181. The van der Waals surface area contributed by atoms with Gasteiger partial charge in [0.2, 0.25) is 9.84 Å². The van der Waals surface area contributed by atoms with E-state index >= 15 is 0 Å². The average molecular weight is 486 g/mol. The molecule has 0 spiro atoms. The fourth-order valence-electron chi connectivity index (χ4n) is 2.89. The number of benzene rings is 2. The van der Waals surface area contributed by atoms with Crippen LogP contribution in [0.25, 0.3) is 11.1 Å². The second-order valence-electron chi connectivity index (χ2n) is 6.55. The Labute approximate surface area is 185 Å². The van der Waals surface area contributed by atoms with Gasteiger partial charge >= 0.3 is 12.3 Å². The van der Waals surface area contributed by atoms with Crippen molar-refractivity contribution in [1.29, 1.82) is 0 Å². The molecule has 0 saturated carbocycles. The zero-order valence-electron chi connectivity index (χ0n) is 16.5. The zero-order valence-corrected chi connectivity index (χ0v) is 18.2. The van der Waals surface area contributed by atoms with Gasteiger partial charge in [0.25, 0.3) is 0 Å². The molecule has 1 heterocycles. The predicted octanol–water partition coefficient (Wildman–Crippen LogP) is 5.17. The lowest BCUT2D eigenvalue weighted by Crippen LogP contribution is -2.16. The maximum Gasteiger partial charge on any atom is 0.573 e. The minimum Gasteiger partial charge on any atom is -0.494 e. The number of carboxylic acids is 1. The SMILES string of the molecule is CCOc1cc(CC(=O)O)cc(S(=O)(=O)c2cc(-c3ccc(OC(F)(F)F)cc3)cs2)c1. The van der Waals surface area contributed by atoms with Gasteiger partial charge in [-0.25, -0.2) is 8.42 Å². The van der Waals surface area contributed by atoms with Gasteiger partial charge in [0.1, 0.15) is 15.7 Å². The van der Waals surface area contributed by atoms with Crippen LogP contribution in [0.1, 0.15) is 12.5 Å². The first-order chi connectivity index (χ1) is 15.0. The fraction of sp³-hybridized carbons (Fsp3) is 0.190. The Morgan fingerprint density at radius 3 is 2.31 bits per heavy atom. The van der Waals surface area contributed by atoms with E-state index in [1.807, 2.05) is 0 Å². The third-order valence-electron chi connectivity index (χ3n) is 4.18. The summed E-state index contributed by atoms with van der Waals surface area (Å²) in [5, 5.41) is 10.6. The summed E-state index contributed by atoms with van der Waals surface area (Å²) in [7, 11) is -3.99. The van der Waals surface area contributed by atoms with E-state index in [9.17, 15) is 26.4 Å². The van der Waals surface area contributed by atoms with Gasteiger partial charge in [-0.1, -0.05) is 12.1 Å². The molecule has 1 aromatic heterocycles. The highest BCUT2D eigenvalue weighted by molar-refractivity contribution is 7.93. The smallest absolute Gasteiger partial charge is 0.494 e. The van der Waals surface area contributed by atoms with E-state index in [2.05, 4.69) is 4.74 Å². The number of hydrogen-bond acceptors (Lipinski definition) is 6. The van der Waals surface area contributed by atoms with Crippen molar-refractivity contribution in [2.75, 3.05) is 6.61 Å². The number of halogens is 3. The van der Waals surface area contributed by atoms with Crippen LogP contribution in [0.3, 0.4) is 0 Å². The summed E-state index contributed by atoms with van der Waals surface area (Å²) in [4.78, 5) is 11.0. The van der Waals surface area contributed by atoms with Crippen molar-refractivity contribution in [3.8, 4) is 22.6 Å². The van der Waals surface area contributed by atoms with Gasteiger partial charge in [-0.3, -0.25) is 4.79 Å². The Morgan fingerprint density at radius 2 is 1.72 bits per heavy atom. The van der Waals surface area contributed by atoms with Gasteiger partial charge in [0.15, 0.2) is 0 Å². The highest BCUT2D eigenvalue weighted by atomic mass is 32.2. The number of thiophene rings is 1. The van der Waals surface area contributed by atoms with Crippen molar-refractivity contribution in [3.63, 3.8) is 0 Å². The molecule has 32 heavy (non-hydrogen) atoms. The molecule has 3 aromatic rings. The molecule has 0 radical (unpaired) electrons. The van der Waals surface area contributed by atoms with E-state index in [1.165, 1.54) is 36.4 Å². The number of ether oxygens (including phenoxy) is 2. The van der Waals surface area contributed by atoms with Gasteiger partial charge in [-0.05, 0) is 65.4 Å². The molecule has 0 aliphatic carbocycles. The van der Waals surface area contributed by atoms with Gasteiger partial charge in [0, 0.05) is 0 Å². The molecule has 3 rings (SSSR count). The Kier molecular flexibility index (Phi) is 6.79. The second kappa shape index (κ2) is 9.21. The van der Waals surface area contributed by atoms with Crippen LogP contribution in [0.15, 0.2) is 63.0 Å². The topological polar surface area (TPSA) is 89.9 Å². The largest absolute Gasteiger partial charge is 0.573 e. The number of alkyl halides is 3. The fourth-order valence-corrected chi connectivity index (χ4v) is 5.56. The summed E-state index contributed by atoms with van der Waals surface area (Å²) >= 11 is 0.943. The highest BCUT2D eigenvalue weighted by Crippen LogP contribution is 2.35. The van der Waals surface area contributed by atoms with Crippen LogP contribution in [0, 0.1) is 0 Å². The first-order valence-electron chi connectivity index (χ1n) is 9.16. The molecule has 0 bridgehead atoms. The van der Waals surface area contributed by atoms with Crippen molar-refractivity contribution >= 4 is 27.1 Å². The van der Waals surface area contributed by atoms with Crippen LogP contribution in [-0.2, 0) is 21.1 Å². The Balaban J connectivity index is 1.92. The Bertz CT molecular complexity index is 1220. The average Bonchev–Trinajstić information content (AvgIpc) is 3.18. The molecule has 11 heteroatoms. The van der Waals surface area contributed by atoms with Gasteiger partial charge in [-0.15, -0.1) is 24.5 Å². The summed E-state index contributed by atoms with van der Waals surface area (Å²) in [6.07, 6.45) is -5.17. The predicted molar refractivity (Wildman–Crippen MR) is 111 cm³/mol. The molecule has 0 unspecified atom stereocenters. The van der Waals surface area contributed by atoms with Crippen LogP contribution < -0.4 is 9.47 Å². The molecule has 2 aromatic carbocycles. The molecule has 0 fully saturated rings. The number of carbonyl (C=O) groups is 1. The molecule has 170 valence electrons. The monoisotopic (exact) mass is 486 g/mol. The normalized spacial score (nSPS) is 11.9. The van der Waals surface area contributed by atoms with E-state index < -0.39 is 22.2 Å². The maximum absolute atomic E-state index is 13.1. The van der Waals surface area contributed by atoms with E-state index in [0.29, 0.717) is 11.1 Å². The number of rotatable bonds is 8. The van der Waals surface area contributed by atoms with E-state index in [0.717, 1.165) is 23.5 Å². The lowest BCUT2D eigenvalue weighted by atomic mass is 10.1. The van der Waals surface area contributed by atoms with Crippen LogP contribution in [-0.4, -0.2) is 32.5 Å². The van der Waals surface area contributed by atoms with Crippen LogP contribution in [0.5, 0.6) is 11.5 Å². The van der Waals surface area contributed by atoms with Crippen molar-refractivity contribution in [1.82, 2.24) is 0 Å². The standard InChI is InChI=1S/C21H17F3O6S2/c1-2-29-17-7-13(9-19(25)26)8-18(11-17)32(27,28)20-10-15(12-31-20)14-3-5-16(6-4-14)30-21(22,23)24/h3-8,10-12H,2,9H2,1H3,(H,25,26). The minimum atomic E-state index is -4.80. The van der Waals surface area contributed by atoms with E-state index in [4.69, 9.17) is 9.84 Å². The summed E-state index contributed by atoms with van der Waals surface area (Å²) in [5.74, 6) is -1.26. The van der Waals surface area contributed by atoms with E-state index in [-0.39, 0.29) is 39.2 Å². The van der Waals surface area contributed by atoms with Gasteiger partial charge in [0.05, 0.1) is 17.9 Å². The number of aliphatic carboxylic acids is 1. The van der Waals surface area contributed by atoms with Crippen LogP contribution in [0.2, 0.25) is 0 Å². The highest BCUT2D eigenvalue weighted by Gasteiger charge is 2.31. The lowest BCUT2D eigenvalue weighted by molar-refractivity contribution is -0.274. The molecule has 0 saturated heterocycles. The number of carboxylic acid groups (broad SMARTS) is 1. The first-order valence-corrected chi connectivity index (χ1v) is 11.5. The maximum atomic E-state index is 13.1. The van der Waals surface area contributed by atoms with Crippen molar-refractivity contribution in [3.05, 3.63) is 59.5 Å². The molecule has 0 aliphatic rings. The number of hydrogen-bond donors (Lipinski definition) is 1. The van der Waals surface area contributed by atoms with E-state index in [1.54, 1.807) is 12.3 Å². The first kappa shape index (κ1) is 23.6. The van der Waals surface area contributed by atoms with Crippen molar-refractivity contribution in [2.24, 2.45) is 0 Å². The lowest BCUT2D eigenvalue weighted by Gasteiger charge is -2.09. The molecular formula is C21H17F3O6S2. The quantitative estimate of drug-likeness (QED) is 0.472. The van der Waals surface area contributed by atoms with Crippen molar-refractivity contribution < 1.29 is 41.0 Å². The third-order valence-corrected chi connectivity index (χ3v) is 7.35. The molecule has 0 amide bonds. The Hall–Kier alpha value is -3.05. The molecule has 0 atom stereocenters. The molecule has 6 nitrogen and oxygen atoms in total. The summed E-state index contributed by atoms with van der Waals surface area (Å²) < 4.78 is 72.4. The second-order valence-corrected chi connectivity index (χ2v) is 9.63. The zero-order chi connectivity index (χ0) is 23.5. The molecule has 1 N–H and O–H groups in total. The van der Waals surface area contributed by atoms with Crippen molar-refractivity contribution in [2.45, 2.75) is 28.8 Å². The van der Waals surface area contributed by atoms with Crippen LogP contribution in [0.4, 0.5) is 13.2 Å². The molecular weight excluding hydrogens is 469 g/mol. The van der Waals surface area contributed by atoms with Gasteiger partial charge in [-0.2, -0.15) is 0 Å². The molecule has 0 aliphatic heterocycles.